The Morgan fingerprint density at radius 1 is 1.30 bits per heavy atom. The van der Waals surface area contributed by atoms with Gasteiger partial charge in [0.25, 0.3) is 5.91 Å². The molecule has 1 aliphatic carbocycles. The maximum atomic E-state index is 12.3. The van der Waals surface area contributed by atoms with Gasteiger partial charge in [0.15, 0.2) is 5.69 Å². The third kappa shape index (κ3) is 2.84. The smallest absolute Gasteiger partial charge is 0.276 e. The minimum atomic E-state index is -0.238. The van der Waals surface area contributed by atoms with E-state index in [2.05, 4.69) is 15.5 Å². The lowest BCUT2D eigenvalue weighted by molar-refractivity contribution is -0.117. The zero-order valence-electron chi connectivity index (χ0n) is 12.7. The molecule has 2 aromatic rings. The van der Waals surface area contributed by atoms with Gasteiger partial charge >= 0.3 is 0 Å². The topological polar surface area (TPSA) is 78.1 Å². The van der Waals surface area contributed by atoms with Crippen LogP contribution in [-0.2, 0) is 4.79 Å². The number of hydrogen-bond donors (Lipinski definition) is 2. The van der Waals surface area contributed by atoms with E-state index in [0.717, 1.165) is 37.2 Å². The highest BCUT2D eigenvalue weighted by atomic mass is 16.2. The average Bonchev–Trinajstić information content (AvgIpc) is 3.11. The van der Waals surface area contributed by atoms with Gasteiger partial charge in [-0.05, 0) is 43.5 Å². The molecule has 0 radical (unpaired) electrons. The van der Waals surface area contributed by atoms with Gasteiger partial charge in [0, 0.05) is 36.0 Å². The van der Waals surface area contributed by atoms with Crippen molar-refractivity contribution in [3.05, 3.63) is 41.7 Å². The molecular formula is C17H18N4O2. The highest BCUT2D eigenvalue weighted by Crippen LogP contribution is 2.39. The molecule has 23 heavy (non-hydrogen) atoms. The van der Waals surface area contributed by atoms with Crippen LogP contribution in [0.5, 0.6) is 0 Å². The Kier molecular flexibility index (Phi) is 3.37. The van der Waals surface area contributed by atoms with Crippen LogP contribution < -0.4 is 10.2 Å². The monoisotopic (exact) mass is 310 g/mol. The number of hydrogen-bond acceptors (Lipinski definition) is 3. The minimum absolute atomic E-state index is 0.134. The summed E-state index contributed by atoms with van der Waals surface area (Å²) < 4.78 is 0. The summed E-state index contributed by atoms with van der Waals surface area (Å²) in [5.41, 5.74) is 2.93. The van der Waals surface area contributed by atoms with Crippen LogP contribution in [0.2, 0.25) is 0 Å². The third-order valence-corrected chi connectivity index (χ3v) is 4.34. The predicted octanol–water partition coefficient (Wildman–Crippen LogP) is 2.67. The molecule has 0 atom stereocenters. The van der Waals surface area contributed by atoms with E-state index in [-0.39, 0.29) is 11.8 Å². The first kappa shape index (κ1) is 14.0. The molecule has 1 aliphatic heterocycles. The number of aromatic amines is 1. The van der Waals surface area contributed by atoms with Gasteiger partial charge in [-0.1, -0.05) is 6.07 Å². The Morgan fingerprint density at radius 2 is 2.17 bits per heavy atom. The Balaban J connectivity index is 1.49. The van der Waals surface area contributed by atoms with Gasteiger partial charge in [0.05, 0.1) is 0 Å². The highest BCUT2D eigenvalue weighted by molar-refractivity contribution is 6.03. The van der Waals surface area contributed by atoms with Crippen molar-refractivity contribution in [3.8, 4) is 0 Å². The number of carbonyl (C=O) groups excluding carboxylic acids is 2. The number of nitrogens with one attached hydrogen (secondary N) is 2. The van der Waals surface area contributed by atoms with Gasteiger partial charge in [-0.25, -0.2) is 0 Å². The van der Waals surface area contributed by atoms with Crippen molar-refractivity contribution in [2.75, 3.05) is 16.8 Å². The van der Waals surface area contributed by atoms with Crippen molar-refractivity contribution in [1.29, 1.82) is 0 Å². The second-order valence-electron chi connectivity index (χ2n) is 6.14. The summed E-state index contributed by atoms with van der Waals surface area (Å²) in [6.45, 7) is 0.736. The molecule has 0 spiro atoms. The summed E-state index contributed by atoms with van der Waals surface area (Å²) in [6, 6.07) is 9.20. The Hall–Kier alpha value is -2.63. The van der Waals surface area contributed by atoms with Crippen LogP contribution in [0, 0.1) is 0 Å². The molecule has 2 N–H and O–H groups in total. The third-order valence-electron chi connectivity index (χ3n) is 4.34. The summed E-state index contributed by atoms with van der Waals surface area (Å²) in [4.78, 5) is 25.9. The number of amides is 2. The maximum Gasteiger partial charge on any atom is 0.276 e. The van der Waals surface area contributed by atoms with Crippen molar-refractivity contribution in [2.24, 2.45) is 0 Å². The van der Waals surface area contributed by atoms with Gasteiger partial charge in [-0.15, -0.1) is 0 Å². The molecule has 4 rings (SSSR count). The van der Waals surface area contributed by atoms with Crippen molar-refractivity contribution in [3.63, 3.8) is 0 Å². The number of benzene rings is 1. The van der Waals surface area contributed by atoms with E-state index in [4.69, 9.17) is 0 Å². The van der Waals surface area contributed by atoms with Gasteiger partial charge in [0.1, 0.15) is 0 Å². The van der Waals surface area contributed by atoms with E-state index in [1.165, 1.54) is 0 Å². The lowest BCUT2D eigenvalue weighted by atomic mass is 10.2. The number of aromatic nitrogens is 2. The van der Waals surface area contributed by atoms with Gasteiger partial charge in [0.2, 0.25) is 5.91 Å². The van der Waals surface area contributed by atoms with Crippen LogP contribution >= 0.6 is 0 Å². The van der Waals surface area contributed by atoms with E-state index in [1.54, 1.807) is 4.90 Å². The average molecular weight is 310 g/mol. The standard InChI is InChI=1S/C17H18N4O2/c22-16-5-2-8-21(16)13-4-1-3-12(9-13)18-17(23)15-10-14(19-20-15)11-6-7-11/h1,3-4,9-11H,2,5-8H2,(H,18,23)(H,19,20). The quantitative estimate of drug-likeness (QED) is 0.911. The molecule has 1 aromatic heterocycles. The zero-order valence-corrected chi connectivity index (χ0v) is 12.7. The Labute approximate surface area is 133 Å². The van der Waals surface area contributed by atoms with E-state index >= 15 is 0 Å². The fraction of sp³-hybridized carbons (Fsp3) is 0.353. The first-order valence-electron chi connectivity index (χ1n) is 7.98. The molecule has 6 nitrogen and oxygen atoms in total. The van der Waals surface area contributed by atoms with Crippen molar-refractivity contribution in [1.82, 2.24) is 10.2 Å². The molecular weight excluding hydrogens is 292 g/mol. The van der Waals surface area contributed by atoms with Crippen LogP contribution in [-0.4, -0.2) is 28.6 Å². The molecule has 6 heteroatoms. The highest BCUT2D eigenvalue weighted by Gasteiger charge is 2.26. The molecule has 0 bridgehead atoms. The summed E-state index contributed by atoms with van der Waals surface area (Å²) in [5.74, 6) is 0.432. The molecule has 0 unspecified atom stereocenters. The van der Waals surface area contributed by atoms with Gasteiger partial charge in [-0.3, -0.25) is 14.7 Å². The van der Waals surface area contributed by atoms with Crippen LogP contribution in [0.3, 0.4) is 0 Å². The Bertz CT molecular complexity index is 763. The molecule has 2 fully saturated rings. The number of anilines is 2. The van der Waals surface area contributed by atoms with Gasteiger partial charge in [-0.2, -0.15) is 5.10 Å². The summed E-state index contributed by atoms with van der Waals surface area (Å²) in [7, 11) is 0. The maximum absolute atomic E-state index is 12.3. The first-order valence-corrected chi connectivity index (χ1v) is 7.98. The van der Waals surface area contributed by atoms with E-state index < -0.39 is 0 Å². The molecule has 1 saturated carbocycles. The van der Waals surface area contributed by atoms with Gasteiger partial charge < -0.3 is 10.2 Å². The van der Waals surface area contributed by atoms with E-state index in [0.29, 0.717) is 23.7 Å². The lowest BCUT2D eigenvalue weighted by Gasteiger charge is -2.16. The minimum Gasteiger partial charge on any atom is -0.321 e. The van der Waals surface area contributed by atoms with Crippen LogP contribution in [0.25, 0.3) is 0 Å². The number of rotatable bonds is 4. The van der Waals surface area contributed by atoms with Crippen molar-refractivity contribution < 1.29 is 9.59 Å². The van der Waals surface area contributed by atoms with Crippen LogP contribution in [0.15, 0.2) is 30.3 Å². The second kappa shape index (κ2) is 5.53. The SMILES string of the molecule is O=C(Nc1cccc(N2CCCC2=O)c1)c1cc(C2CC2)[nH]n1. The normalized spacial score (nSPS) is 17.6. The van der Waals surface area contributed by atoms with Crippen LogP contribution in [0.1, 0.15) is 47.8 Å². The number of carbonyl (C=O) groups is 2. The predicted molar refractivity (Wildman–Crippen MR) is 86.5 cm³/mol. The second-order valence-corrected chi connectivity index (χ2v) is 6.14. The number of H-pyrrole nitrogens is 1. The zero-order chi connectivity index (χ0) is 15.8. The summed E-state index contributed by atoms with van der Waals surface area (Å²) in [5, 5.41) is 9.87. The fourth-order valence-corrected chi connectivity index (χ4v) is 2.92. The molecule has 2 amide bonds. The molecule has 2 aliphatic rings. The lowest BCUT2D eigenvalue weighted by Crippen LogP contribution is -2.23. The molecule has 1 saturated heterocycles. The van der Waals surface area contributed by atoms with Crippen molar-refractivity contribution >= 4 is 23.2 Å². The first-order chi connectivity index (χ1) is 11.2. The van der Waals surface area contributed by atoms with E-state index in [1.807, 2.05) is 30.3 Å². The molecule has 1 aromatic carbocycles. The molecule has 2 heterocycles. The summed E-state index contributed by atoms with van der Waals surface area (Å²) in [6.07, 6.45) is 3.80. The largest absolute Gasteiger partial charge is 0.321 e. The van der Waals surface area contributed by atoms with Crippen LogP contribution in [0.4, 0.5) is 11.4 Å². The summed E-state index contributed by atoms with van der Waals surface area (Å²) >= 11 is 0. The fourth-order valence-electron chi connectivity index (χ4n) is 2.92. The van der Waals surface area contributed by atoms with Crippen molar-refractivity contribution in [2.45, 2.75) is 31.6 Å². The Morgan fingerprint density at radius 3 is 2.91 bits per heavy atom. The molecule has 118 valence electrons. The van der Waals surface area contributed by atoms with E-state index in [9.17, 15) is 9.59 Å². The number of nitrogens with zero attached hydrogens (tertiary/aromatic N) is 2.